The Morgan fingerprint density at radius 1 is 1.30 bits per heavy atom. The maximum atomic E-state index is 12.1. The van der Waals surface area contributed by atoms with Crippen LogP contribution in [0.25, 0.3) is 0 Å². The summed E-state index contributed by atoms with van der Waals surface area (Å²) in [4.78, 5) is 16.5. The van der Waals surface area contributed by atoms with Crippen LogP contribution in [0, 0.1) is 17.3 Å². The van der Waals surface area contributed by atoms with Crippen molar-refractivity contribution in [2.75, 3.05) is 25.5 Å². The van der Waals surface area contributed by atoms with Crippen LogP contribution in [0.1, 0.15) is 59.4 Å². The van der Waals surface area contributed by atoms with Crippen LogP contribution in [0.3, 0.4) is 0 Å². The Bertz CT molecular complexity index is 711. The van der Waals surface area contributed by atoms with E-state index in [-0.39, 0.29) is 23.3 Å². The molecular weight excluding hydrogens is 376 g/mol. The first-order valence-corrected chi connectivity index (χ1v) is 11.2. The van der Waals surface area contributed by atoms with Crippen LogP contribution in [0.4, 0.5) is 5.69 Å². The van der Waals surface area contributed by atoms with E-state index in [1.54, 1.807) is 7.05 Å². The third-order valence-corrected chi connectivity index (χ3v) is 5.77. The van der Waals surface area contributed by atoms with Gasteiger partial charge in [-0.2, -0.15) is 0 Å². The van der Waals surface area contributed by atoms with Crippen molar-refractivity contribution in [3.05, 3.63) is 29.8 Å². The fraction of sp³-hybridized carbons (Fsp3) is 0.667. The normalized spacial score (nSPS) is 21.1. The van der Waals surface area contributed by atoms with Crippen LogP contribution >= 0.6 is 0 Å². The summed E-state index contributed by atoms with van der Waals surface area (Å²) in [7, 11) is 1.79. The zero-order valence-corrected chi connectivity index (χ0v) is 19.5. The molecule has 0 saturated carbocycles. The van der Waals surface area contributed by atoms with Crippen LogP contribution < -0.4 is 16.0 Å². The minimum atomic E-state index is 0.00972. The van der Waals surface area contributed by atoms with Gasteiger partial charge >= 0.3 is 0 Å². The molecule has 2 rings (SSSR count). The average molecular weight is 417 g/mol. The largest absolute Gasteiger partial charge is 0.377 e. The molecular formula is C24H40N4O2. The molecule has 6 heteroatoms. The lowest BCUT2D eigenvalue weighted by Gasteiger charge is -2.40. The topological polar surface area (TPSA) is 74.8 Å². The van der Waals surface area contributed by atoms with E-state index < -0.39 is 0 Å². The number of carbonyl (C=O) groups is 1. The number of anilines is 1. The first kappa shape index (κ1) is 24.2. The Labute approximate surface area is 182 Å². The van der Waals surface area contributed by atoms with Gasteiger partial charge in [-0.1, -0.05) is 46.8 Å². The van der Waals surface area contributed by atoms with E-state index in [9.17, 15) is 4.79 Å². The standard InChI is InChI=1S/C24H40N4O2/c1-7-17(2)22(29)28-20-12-8-10-18(14-20)15-26-23(25-6)27-16-19-11-9-13-30-21(19)24(3,4)5/h8,10,12,14,17,19,21H,7,9,11,13,15-16H2,1-6H3,(H,28,29)(H2,25,26,27). The van der Waals surface area contributed by atoms with Crippen LogP contribution in [0.2, 0.25) is 0 Å². The van der Waals surface area contributed by atoms with E-state index >= 15 is 0 Å². The second kappa shape index (κ2) is 11.3. The van der Waals surface area contributed by atoms with Gasteiger partial charge in [0.05, 0.1) is 6.10 Å². The van der Waals surface area contributed by atoms with Crippen molar-refractivity contribution in [1.29, 1.82) is 0 Å². The molecule has 0 aliphatic carbocycles. The summed E-state index contributed by atoms with van der Waals surface area (Å²) >= 11 is 0. The Morgan fingerprint density at radius 2 is 2.07 bits per heavy atom. The molecule has 0 bridgehead atoms. The average Bonchev–Trinajstić information content (AvgIpc) is 2.73. The molecule has 1 aromatic rings. The van der Waals surface area contributed by atoms with Crippen molar-refractivity contribution < 1.29 is 9.53 Å². The lowest BCUT2D eigenvalue weighted by molar-refractivity contribution is -0.119. The molecule has 1 aliphatic heterocycles. The number of nitrogens with zero attached hydrogens (tertiary/aromatic N) is 1. The van der Waals surface area contributed by atoms with Gasteiger partial charge in [-0.15, -0.1) is 0 Å². The second-order valence-electron chi connectivity index (χ2n) is 9.37. The lowest BCUT2D eigenvalue weighted by atomic mass is 9.78. The van der Waals surface area contributed by atoms with Crippen LogP contribution in [-0.4, -0.2) is 38.2 Å². The van der Waals surface area contributed by atoms with E-state index in [2.05, 4.69) is 41.7 Å². The van der Waals surface area contributed by atoms with Crippen molar-refractivity contribution in [3.63, 3.8) is 0 Å². The van der Waals surface area contributed by atoms with E-state index in [4.69, 9.17) is 4.74 Å². The predicted molar refractivity (Wildman–Crippen MR) is 125 cm³/mol. The molecule has 30 heavy (non-hydrogen) atoms. The zero-order valence-electron chi connectivity index (χ0n) is 19.5. The van der Waals surface area contributed by atoms with Gasteiger partial charge in [0.15, 0.2) is 5.96 Å². The molecule has 168 valence electrons. The van der Waals surface area contributed by atoms with Gasteiger partial charge in [0.1, 0.15) is 0 Å². The number of guanidine groups is 1. The Morgan fingerprint density at radius 3 is 2.73 bits per heavy atom. The predicted octanol–water partition coefficient (Wildman–Crippen LogP) is 4.18. The quantitative estimate of drug-likeness (QED) is 0.460. The summed E-state index contributed by atoms with van der Waals surface area (Å²) in [6.07, 6.45) is 3.36. The first-order chi connectivity index (χ1) is 14.2. The summed E-state index contributed by atoms with van der Waals surface area (Å²) in [5, 5.41) is 9.84. The highest BCUT2D eigenvalue weighted by Crippen LogP contribution is 2.33. The maximum absolute atomic E-state index is 12.1. The number of carbonyl (C=O) groups excluding carboxylic acids is 1. The van der Waals surface area contributed by atoms with Crippen LogP contribution in [0.15, 0.2) is 29.3 Å². The number of rotatable bonds is 7. The number of amides is 1. The molecule has 0 radical (unpaired) electrons. The van der Waals surface area contributed by atoms with Crippen LogP contribution in [0.5, 0.6) is 0 Å². The highest BCUT2D eigenvalue weighted by atomic mass is 16.5. The number of hydrogen-bond acceptors (Lipinski definition) is 3. The monoisotopic (exact) mass is 416 g/mol. The third kappa shape index (κ3) is 7.31. The van der Waals surface area contributed by atoms with Crippen molar-refractivity contribution in [3.8, 4) is 0 Å². The summed E-state index contributed by atoms with van der Waals surface area (Å²) < 4.78 is 6.09. The Kier molecular flexibility index (Phi) is 9.15. The second-order valence-corrected chi connectivity index (χ2v) is 9.37. The van der Waals surface area contributed by atoms with Gasteiger partial charge in [0, 0.05) is 44.3 Å². The lowest BCUT2D eigenvalue weighted by Crippen LogP contribution is -2.47. The molecule has 1 aliphatic rings. The fourth-order valence-corrected chi connectivity index (χ4v) is 3.85. The number of hydrogen-bond donors (Lipinski definition) is 3. The maximum Gasteiger partial charge on any atom is 0.227 e. The van der Waals surface area contributed by atoms with Crippen molar-refractivity contribution in [2.45, 2.75) is 66.5 Å². The molecule has 1 heterocycles. The molecule has 1 saturated heterocycles. The molecule has 0 aromatic heterocycles. The third-order valence-electron chi connectivity index (χ3n) is 5.77. The molecule has 3 atom stereocenters. The van der Waals surface area contributed by atoms with Gasteiger partial charge in [-0.25, -0.2) is 0 Å². The smallest absolute Gasteiger partial charge is 0.227 e. The van der Waals surface area contributed by atoms with Crippen molar-refractivity contribution in [1.82, 2.24) is 10.6 Å². The molecule has 3 unspecified atom stereocenters. The van der Waals surface area contributed by atoms with Gasteiger partial charge in [0.25, 0.3) is 0 Å². The molecule has 3 N–H and O–H groups in total. The molecule has 1 amide bonds. The van der Waals surface area contributed by atoms with Gasteiger partial charge < -0.3 is 20.7 Å². The minimum absolute atomic E-state index is 0.00972. The number of nitrogens with one attached hydrogen (secondary N) is 3. The molecule has 1 aromatic carbocycles. The van der Waals surface area contributed by atoms with Crippen molar-refractivity contribution >= 4 is 17.6 Å². The number of ether oxygens (including phenoxy) is 1. The Hall–Kier alpha value is -2.08. The number of aliphatic imine (C=N–C) groups is 1. The van der Waals surface area contributed by atoms with Gasteiger partial charge in [0.2, 0.25) is 5.91 Å². The summed E-state index contributed by atoms with van der Waals surface area (Å²) in [5.74, 6) is 1.32. The van der Waals surface area contributed by atoms with Crippen LogP contribution in [-0.2, 0) is 16.1 Å². The van der Waals surface area contributed by atoms with E-state index in [1.807, 2.05) is 38.1 Å². The zero-order chi connectivity index (χ0) is 22.1. The Balaban J connectivity index is 1.88. The first-order valence-electron chi connectivity index (χ1n) is 11.2. The molecule has 1 fully saturated rings. The van der Waals surface area contributed by atoms with E-state index in [0.717, 1.165) is 43.2 Å². The SMILES string of the molecule is CCC(C)C(=O)Nc1cccc(CNC(=NC)NCC2CCCOC2C(C)(C)C)c1. The summed E-state index contributed by atoms with van der Waals surface area (Å²) in [6, 6.07) is 7.94. The van der Waals surface area contributed by atoms with E-state index in [1.165, 1.54) is 6.42 Å². The van der Waals surface area contributed by atoms with E-state index in [0.29, 0.717) is 12.5 Å². The molecule has 0 spiro atoms. The highest BCUT2D eigenvalue weighted by molar-refractivity contribution is 5.92. The fourth-order valence-electron chi connectivity index (χ4n) is 3.85. The molecule has 6 nitrogen and oxygen atoms in total. The van der Waals surface area contributed by atoms with Gasteiger partial charge in [-0.3, -0.25) is 9.79 Å². The summed E-state index contributed by atoms with van der Waals surface area (Å²) in [6.45, 7) is 13.0. The summed E-state index contributed by atoms with van der Waals surface area (Å²) in [5.41, 5.74) is 2.05. The van der Waals surface area contributed by atoms with Gasteiger partial charge in [-0.05, 0) is 42.4 Å². The minimum Gasteiger partial charge on any atom is -0.377 e. The number of benzene rings is 1. The van der Waals surface area contributed by atoms with Crippen molar-refractivity contribution in [2.24, 2.45) is 22.2 Å². The highest BCUT2D eigenvalue weighted by Gasteiger charge is 2.35.